The fourth-order valence-corrected chi connectivity index (χ4v) is 10.3. The molecule has 0 bridgehead atoms. The molecule has 3 fully saturated rings. The molecule has 7 atom stereocenters. The van der Waals surface area contributed by atoms with Crippen molar-refractivity contribution in [2.24, 2.45) is 11.8 Å². The highest BCUT2D eigenvalue weighted by atomic mass is 16.5. The first-order valence-electron chi connectivity index (χ1n) is 23.5. The first-order chi connectivity index (χ1) is 32.3. The van der Waals surface area contributed by atoms with E-state index in [0.717, 1.165) is 99.1 Å². The van der Waals surface area contributed by atoms with E-state index in [1.165, 1.54) is 21.3 Å². The van der Waals surface area contributed by atoms with Gasteiger partial charge in [0.15, 0.2) is 0 Å². The highest BCUT2D eigenvalue weighted by Gasteiger charge is 2.44. The molecule has 356 valence electrons. The Morgan fingerprint density at radius 2 is 1.58 bits per heavy atom. The standard InChI is InChI=1S/C50H62N8O9/c1-25(2)40(55-49(61)65-7)48(60)58-26(3)9-16-37(58)45-51-36-15-13-30-21-35-33-14-12-31(20-32(33)24-67-39(35)22-34(30)44(36)54-45)43-42(29-10-11-29)52-46(53-43)38-19-28(17-18-63-5)23-57(38)47(59)41(27(4)64-6)56-50(62)66-8/h12-15,20-22,25-29,37-38,40-41H,9-11,16-19,23-24H2,1-8H3,(H,51,54)(H,52,53)(H,55,61)(H,56,62)/t26-,27+,28-,37-,38-,40-,41-/m0/s1. The van der Waals surface area contributed by atoms with Gasteiger partial charge in [0.1, 0.15) is 36.1 Å². The number of aromatic nitrogens is 4. The maximum Gasteiger partial charge on any atom is 0.407 e. The van der Waals surface area contributed by atoms with Crippen LogP contribution in [0.2, 0.25) is 0 Å². The summed E-state index contributed by atoms with van der Waals surface area (Å²) < 4.78 is 27.2. The predicted molar refractivity (Wildman–Crippen MR) is 250 cm³/mol. The van der Waals surface area contributed by atoms with E-state index in [-0.39, 0.29) is 41.8 Å². The van der Waals surface area contributed by atoms with E-state index in [1.54, 1.807) is 14.0 Å². The van der Waals surface area contributed by atoms with Crippen molar-refractivity contribution in [3.05, 3.63) is 65.4 Å². The van der Waals surface area contributed by atoms with Gasteiger partial charge in [0.05, 0.1) is 49.1 Å². The Bertz CT molecular complexity index is 2690. The molecule has 2 saturated heterocycles. The van der Waals surface area contributed by atoms with Gasteiger partial charge >= 0.3 is 12.2 Å². The van der Waals surface area contributed by atoms with Crippen molar-refractivity contribution in [1.29, 1.82) is 0 Å². The first kappa shape index (κ1) is 45.9. The number of nitrogens with zero attached hydrogens (tertiary/aromatic N) is 4. The molecule has 2 aromatic heterocycles. The minimum absolute atomic E-state index is 0.0339. The van der Waals surface area contributed by atoms with Crippen LogP contribution in [-0.2, 0) is 35.1 Å². The zero-order chi connectivity index (χ0) is 47.3. The number of amides is 4. The van der Waals surface area contributed by atoms with Crippen LogP contribution < -0.4 is 15.4 Å². The SMILES string of the molecule is COCC[C@H]1C[C@@H](c2nc(-c3ccc4c(c3)COc3cc5c(ccc6[nH]c([C@@H]7CC[C@H](C)N7C(=O)[C@@H](NC(=O)OC)C(C)C)nc65)cc3-4)c(C3CC3)[nH]2)N(C(=O)[C@@H](NC(=O)OC)[C@@H](C)OC)C1. The number of aromatic amines is 2. The molecular formula is C50H62N8O9. The molecule has 4 N–H and O–H groups in total. The summed E-state index contributed by atoms with van der Waals surface area (Å²) in [6.45, 7) is 9.04. The summed E-state index contributed by atoms with van der Waals surface area (Å²) in [5, 5.41) is 7.41. The van der Waals surface area contributed by atoms with E-state index in [0.29, 0.717) is 37.9 Å². The Hall–Kier alpha value is -6.20. The van der Waals surface area contributed by atoms with Gasteiger partial charge in [-0.1, -0.05) is 32.0 Å². The van der Waals surface area contributed by atoms with E-state index in [2.05, 4.69) is 57.0 Å². The fourth-order valence-electron chi connectivity index (χ4n) is 10.3. The third-order valence-electron chi connectivity index (χ3n) is 14.3. The van der Waals surface area contributed by atoms with Crippen molar-refractivity contribution in [3.63, 3.8) is 0 Å². The zero-order valence-corrected chi connectivity index (χ0v) is 39.6. The fraction of sp³-hybridized carbons (Fsp3) is 0.520. The van der Waals surface area contributed by atoms with Crippen LogP contribution in [0.3, 0.4) is 0 Å². The summed E-state index contributed by atoms with van der Waals surface area (Å²) in [5.74, 6) is 2.16. The quantitative estimate of drug-likeness (QED) is 0.0852. The van der Waals surface area contributed by atoms with Gasteiger partial charge in [0.2, 0.25) is 11.8 Å². The van der Waals surface area contributed by atoms with Crippen LogP contribution in [-0.4, -0.2) is 120 Å². The number of carbonyl (C=O) groups is 4. The number of likely N-dealkylation sites (tertiary alicyclic amines) is 2. The molecule has 3 aromatic carbocycles. The molecule has 1 saturated carbocycles. The molecule has 0 spiro atoms. The van der Waals surface area contributed by atoms with Gasteiger partial charge in [-0.3, -0.25) is 9.59 Å². The van der Waals surface area contributed by atoms with Crippen LogP contribution in [0.25, 0.3) is 44.2 Å². The Morgan fingerprint density at radius 1 is 0.836 bits per heavy atom. The Labute approximate surface area is 390 Å². The van der Waals surface area contributed by atoms with Gasteiger partial charge in [0.25, 0.3) is 0 Å². The number of alkyl carbamates (subject to hydrolysis) is 2. The lowest BCUT2D eigenvalue weighted by atomic mass is 9.92. The van der Waals surface area contributed by atoms with Crippen molar-refractivity contribution in [2.45, 2.75) is 115 Å². The summed E-state index contributed by atoms with van der Waals surface area (Å²) in [6.07, 6.45) is 3.20. The average Bonchev–Trinajstić information content (AvgIpc) is 3.62. The largest absolute Gasteiger partial charge is 0.488 e. The molecule has 5 aromatic rings. The van der Waals surface area contributed by atoms with Crippen molar-refractivity contribution < 1.29 is 42.9 Å². The highest BCUT2D eigenvalue weighted by molar-refractivity contribution is 6.07. The maximum absolute atomic E-state index is 14.3. The molecule has 1 aliphatic carbocycles. The van der Waals surface area contributed by atoms with Crippen LogP contribution in [0, 0.1) is 11.8 Å². The second-order valence-corrected chi connectivity index (χ2v) is 19.0. The second-order valence-electron chi connectivity index (χ2n) is 19.0. The molecule has 67 heavy (non-hydrogen) atoms. The van der Waals surface area contributed by atoms with E-state index >= 15 is 0 Å². The number of methoxy groups -OCH3 is 4. The first-order valence-corrected chi connectivity index (χ1v) is 23.5. The number of ether oxygens (including phenoxy) is 5. The van der Waals surface area contributed by atoms with E-state index in [4.69, 9.17) is 33.7 Å². The number of hydrogen-bond donors (Lipinski definition) is 4. The van der Waals surface area contributed by atoms with Gasteiger partial charge in [-0.2, -0.15) is 0 Å². The number of hydrogen-bond acceptors (Lipinski definition) is 11. The number of benzene rings is 3. The molecule has 17 nitrogen and oxygen atoms in total. The number of fused-ring (bicyclic) bond motifs is 6. The topological polar surface area (TPSA) is 202 Å². The number of nitrogens with one attached hydrogen (secondary N) is 4. The molecule has 5 heterocycles. The summed E-state index contributed by atoms with van der Waals surface area (Å²) in [6, 6.07) is 12.5. The van der Waals surface area contributed by atoms with Gasteiger partial charge in [-0.05, 0) is 105 Å². The maximum atomic E-state index is 14.3. The number of rotatable bonds is 14. The molecular weight excluding hydrogens is 857 g/mol. The zero-order valence-electron chi connectivity index (χ0n) is 39.6. The van der Waals surface area contributed by atoms with Crippen LogP contribution in [0.4, 0.5) is 9.59 Å². The smallest absolute Gasteiger partial charge is 0.407 e. The summed E-state index contributed by atoms with van der Waals surface area (Å²) in [5.41, 5.74) is 7.70. The van der Waals surface area contributed by atoms with Crippen LogP contribution in [0.15, 0.2) is 42.5 Å². The van der Waals surface area contributed by atoms with Crippen molar-refractivity contribution in [1.82, 2.24) is 40.4 Å². The molecule has 4 amide bonds. The Kier molecular flexibility index (Phi) is 12.9. The predicted octanol–water partition coefficient (Wildman–Crippen LogP) is 7.66. The summed E-state index contributed by atoms with van der Waals surface area (Å²) in [7, 11) is 5.76. The molecule has 4 aliphatic rings. The number of imidazole rings is 2. The highest BCUT2D eigenvalue weighted by Crippen LogP contribution is 2.48. The molecule has 9 rings (SSSR count). The van der Waals surface area contributed by atoms with Crippen molar-refractivity contribution in [3.8, 4) is 28.1 Å². The summed E-state index contributed by atoms with van der Waals surface area (Å²) >= 11 is 0. The Morgan fingerprint density at radius 3 is 2.28 bits per heavy atom. The normalized spacial score (nSPS) is 21.4. The number of H-pyrrole nitrogens is 2. The minimum atomic E-state index is -0.951. The molecule has 3 aliphatic heterocycles. The Balaban J connectivity index is 1.01. The molecule has 0 unspecified atom stereocenters. The summed E-state index contributed by atoms with van der Waals surface area (Å²) in [4.78, 5) is 74.4. The second kappa shape index (κ2) is 18.8. The van der Waals surface area contributed by atoms with Gasteiger partial charge < -0.3 is 54.1 Å². The van der Waals surface area contributed by atoms with Crippen LogP contribution in [0.1, 0.15) is 107 Å². The van der Waals surface area contributed by atoms with Crippen molar-refractivity contribution >= 4 is 45.8 Å². The van der Waals surface area contributed by atoms with E-state index < -0.39 is 30.4 Å². The average molecular weight is 919 g/mol. The third kappa shape index (κ3) is 8.79. The monoisotopic (exact) mass is 918 g/mol. The van der Waals surface area contributed by atoms with E-state index in [9.17, 15) is 19.2 Å². The lowest BCUT2D eigenvalue weighted by molar-refractivity contribution is -0.138. The van der Waals surface area contributed by atoms with Crippen LogP contribution in [0.5, 0.6) is 5.75 Å². The minimum Gasteiger partial charge on any atom is -0.488 e. The van der Waals surface area contributed by atoms with E-state index in [1.807, 2.05) is 36.6 Å². The van der Waals surface area contributed by atoms with Gasteiger partial charge in [0, 0.05) is 61.5 Å². The van der Waals surface area contributed by atoms with Crippen molar-refractivity contribution in [2.75, 3.05) is 41.6 Å². The lowest BCUT2D eigenvalue weighted by Crippen LogP contribution is -2.54. The van der Waals surface area contributed by atoms with Crippen LogP contribution >= 0.6 is 0 Å². The molecule has 17 heteroatoms. The molecule has 0 radical (unpaired) electrons. The third-order valence-corrected chi connectivity index (χ3v) is 14.3. The van der Waals surface area contributed by atoms with Gasteiger partial charge in [-0.15, -0.1) is 0 Å². The van der Waals surface area contributed by atoms with Gasteiger partial charge in [-0.25, -0.2) is 19.6 Å². The lowest BCUT2D eigenvalue weighted by Gasteiger charge is -2.32. The number of carbonyl (C=O) groups excluding carboxylic acids is 4.